The van der Waals surface area contributed by atoms with E-state index in [-0.39, 0.29) is 16.6 Å². The molecule has 0 atom stereocenters. The number of hydrogen-bond acceptors (Lipinski definition) is 7. The molecule has 3 rings (SSSR count). The van der Waals surface area contributed by atoms with E-state index in [0.717, 1.165) is 19.3 Å². The molecule has 1 aliphatic rings. The molecule has 1 N–H and O–H groups in total. The number of amides is 1. The number of piperidine rings is 1. The van der Waals surface area contributed by atoms with Gasteiger partial charge < -0.3 is 14.8 Å². The van der Waals surface area contributed by atoms with E-state index in [0.29, 0.717) is 35.3 Å². The molecule has 1 aromatic carbocycles. The number of rotatable bonds is 8. The van der Waals surface area contributed by atoms with Gasteiger partial charge in [0.25, 0.3) is 0 Å². The predicted molar refractivity (Wildman–Crippen MR) is 116 cm³/mol. The van der Waals surface area contributed by atoms with Crippen molar-refractivity contribution in [1.29, 1.82) is 0 Å². The van der Waals surface area contributed by atoms with Crippen molar-refractivity contribution in [2.75, 3.05) is 38.4 Å². The van der Waals surface area contributed by atoms with Crippen LogP contribution in [0.2, 0.25) is 0 Å². The molecule has 10 heteroatoms. The molecular formula is C20H25N3O5S2. The minimum Gasteiger partial charge on any atom is -0.497 e. The van der Waals surface area contributed by atoms with Gasteiger partial charge in [0.15, 0.2) is 0 Å². The number of nitrogens with one attached hydrogen (secondary N) is 1. The highest BCUT2D eigenvalue weighted by Gasteiger charge is 2.26. The number of ether oxygens (including phenoxy) is 2. The van der Waals surface area contributed by atoms with E-state index in [1.54, 1.807) is 37.4 Å². The fourth-order valence-electron chi connectivity index (χ4n) is 3.09. The summed E-state index contributed by atoms with van der Waals surface area (Å²) in [5.74, 6) is 1.02. The molecule has 1 aromatic heterocycles. The quantitative estimate of drug-likeness (QED) is 0.616. The lowest BCUT2D eigenvalue weighted by atomic mass is 10.2. The van der Waals surface area contributed by atoms with Crippen LogP contribution < -0.4 is 14.8 Å². The van der Waals surface area contributed by atoms with E-state index >= 15 is 0 Å². The second-order valence-corrected chi connectivity index (χ2v) is 9.63. The Hall–Kier alpha value is -2.30. The van der Waals surface area contributed by atoms with E-state index < -0.39 is 10.0 Å². The number of methoxy groups -OCH3 is 2. The molecule has 0 bridgehead atoms. The lowest BCUT2D eigenvalue weighted by Crippen LogP contribution is -2.35. The standard InChI is InChI=1S/C20H25N3O5S2/c1-27-15-6-8-17(18(12-15)28-2)22-19(24)14-29-20-9-7-16(13-21-20)30(25,26)23-10-4-3-5-11-23/h6-9,12-13H,3-5,10-11,14H2,1-2H3,(H,22,24). The summed E-state index contributed by atoms with van der Waals surface area (Å²) in [7, 11) is -0.434. The molecular weight excluding hydrogens is 426 g/mol. The van der Waals surface area contributed by atoms with Crippen molar-refractivity contribution < 1.29 is 22.7 Å². The van der Waals surface area contributed by atoms with E-state index in [1.165, 1.54) is 29.4 Å². The number of pyridine rings is 1. The first-order chi connectivity index (χ1) is 14.4. The Balaban J connectivity index is 1.58. The first-order valence-electron chi connectivity index (χ1n) is 9.55. The average Bonchev–Trinajstić information content (AvgIpc) is 2.78. The maximum Gasteiger partial charge on any atom is 0.244 e. The van der Waals surface area contributed by atoms with Crippen LogP contribution in [-0.2, 0) is 14.8 Å². The predicted octanol–water partition coefficient (Wildman–Crippen LogP) is 3.00. The molecule has 162 valence electrons. The molecule has 1 fully saturated rings. The molecule has 30 heavy (non-hydrogen) atoms. The third-order valence-corrected chi connectivity index (χ3v) is 7.52. The minimum atomic E-state index is -3.51. The van der Waals surface area contributed by atoms with Gasteiger partial charge in [-0.1, -0.05) is 18.2 Å². The molecule has 1 aliphatic heterocycles. The number of nitrogens with zero attached hydrogens (tertiary/aromatic N) is 2. The molecule has 8 nitrogen and oxygen atoms in total. The Morgan fingerprint density at radius 3 is 2.53 bits per heavy atom. The second kappa shape index (κ2) is 10.1. The number of benzene rings is 1. The Labute approximate surface area is 181 Å². The van der Waals surface area contributed by atoms with Crippen molar-refractivity contribution in [1.82, 2.24) is 9.29 Å². The zero-order chi connectivity index (χ0) is 21.6. The SMILES string of the molecule is COc1ccc(NC(=O)CSc2ccc(S(=O)(=O)N3CCCCC3)cn2)c(OC)c1. The van der Waals surface area contributed by atoms with Gasteiger partial charge >= 0.3 is 0 Å². The van der Waals surface area contributed by atoms with Crippen molar-refractivity contribution in [3.8, 4) is 11.5 Å². The summed E-state index contributed by atoms with van der Waals surface area (Å²) >= 11 is 1.23. The Morgan fingerprint density at radius 1 is 1.13 bits per heavy atom. The summed E-state index contributed by atoms with van der Waals surface area (Å²) in [6, 6.07) is 8.30. The molecule has 0 saturated carbocycles. The van der Waals surface area contributed by atoms with E-state index in [4.69, 9.17) is 9.47 Å². The Kier molecular flexibility index (Phi) is 7.57. The molecule has 1 amide bonds. The molecule has 2 heterocycles. The Bertz CT molecular complexity index is 974. The van der Waals surface area contributed by atoms with Crippen molar-refractivity contribution in [2.45, 2.75) is 29.2 Å². The second-order valence-electron chi connectivity index (χ2n) is 6.70. The van der Waals surface area contributed by atoms with Gasteiger partial charge in [-0.15, -0.1) is 0 Å². The van der Waals surface area contributed by atoms with Gasteiger partial charge in [0.1, 0.15) is 16.4 Å². The van der Waals surface area contributed by atoms with E-state index in [9.17, 15) is 13.2 Å². The maximum absolute atomic E-state index is 12.7. The average molecular weight is 452 g/mol. The number of anilines is 1. The lowest BCUT2D eigenvalue weighted by molar-refractivity contribution is -0.113. The van der Waals surface area contributed by atoms with Gasteiger partial charge in [-0.05, 0) is 37.1 Å². The largest absolute Gasteiger partial charge is 0.497 e. The van der Waals surface area contributed by atoms with Crippen LogP contribution in [0.25, 0.3) is 0 Å². The minimum absolute atomic E-state index is 0.125. The molecule has 1 saturated heterocycles. The normalized spacial score (nSPS) is 14.9. The molecule has 0 aliphatic carbocycles. The highest BCUT2D eigenvalue weighted by Crippen LogP contribution is 2.29. The monoisotopic (exact) mass is 451 g/mol. The highest BCUT2D eigenvalue weighted by molar-refractivity contribution is 7.99. The maximum atomic E-state index is 12.7. The summed E-state index contributed by atoms with van der Waals surface area (Å²) in [5, 5.41) is 3.36. The summed E-state index contributed by atoms with van der Waals surface area (Å²) in [4.78, 5) is 16.7. The smallest absolute Gasteiger partial charge is 0.244 e. The van der Waals surface area contributed by atoms with Gasteiger partial charge in [-0.25, -0.2) is 13.4 Å². The zero-order valence-corrected chi connectivity index (χ0v) is 18.6. The van der Waals surface area contributed by atoms with Crippen molar-refractivity contribution in [3.05, 3.63) is 36.5 Å². The van der Waals surface area contributed by atoms with Crippen molar-refractivity contribution in [2.24, 2.45) is 0 Å². The number of aromatic nitrogens is 1. The van der Waals surface area contributed by atoms with E-state index in [2.05, 4.69) is 10.3 Å². The van der Waals surface area contributed by atoms with Crippen molar-refractivity contribution >= 4 is 33.4 Å². The first-order valence-corrected chi connectivity index (χ1v) is 12.0. The number of thioether (sulfide) groups is 1. The van der Waals surface area contributed by atoms with Crippen LogP contribution in [-0.4, -0.2) is 56.7 Å². The molecule has 0 spiro atoms. The van der Waals surface area contributed by atoms with Gasteiger partial charge in [0, 0.05) is 25.4 Å². The van der Waals surface area contributed by atoms with E-state index in [1.807, 2.05) is 0 Å². The van der Waals surface area contributed by atoms with Crippen LogP contribution in [0, 0.1) is 0 Å². The summed E-state index contributed by atoms with van der Waals surface area (Å²) < 4.78 is 37.3. The summed E-state index contributed by atoms with van der Waals surface area (Å²) in [5.41, 5.74) is 0.542. The van der Waals surface area contributed by atoms with Crippen LogP contribution in [0.1, 0.15) is 19.3 Å². The molecule has 0 radical (unpaired) electrons. The lowest BCUT2D eigenvalue weighted by Gasteiger charge is -2.25. The summed E-state index contributed by atoms with van der Waals surface area (Å²) in [6.45, 7) is 1.10. The number of hydrogen-bond donors (Lipinski definition) is 1. The number of carbonyl (C=O) groups excluding carboxylic acids is 1. The third-order valence-electron chi connectivity index (χ3n) is 4.70. The zero-order valence-electron chi connectivity index (χ0n) is 17.0. The molecule has 0 unspecified atom stereocenters. The first kappa shape index (κ1) is 22.4. The third kappa shape index (κ3) is 5.44. The van der Waals surface area contributed by atoms with Gasteiger partial charge in [-0.2, -0.15) is 4.31 Å². The topological polar surface area (TPSA) is 97.8 Å². The van der Waals surface area contributed by atoms with Crippen LogP contribution >= 0.6 is 11.8 Å². The molecule has 2 aromatic rings. The van der Waals surface area contributed by atoms with Crippen LogP contribution in [0.3, 0.4) is 0 Å². The Morgan fingerprint density at radius 2 is 1.90 bits per heavy atom. The van der Waals surface area contributed by atoms with Gasteiger partial charge in [0.05, 0.1) is 30.7 Å². The fourth-order valence-corrected chi connectivity index (χ4v) is 5.19. The highest BCUT2D eigenvalue weighted by atomic mass is 32.2. The van der Waals surface area contributed by atoms with Crippen LogP contribution in [0.5, 0.6) is 11.5 Å². The van der Waals surface area contributed by atoms with Crippen LogP contribution in [0.4, 0.5) is 5.69 Å². The van der Waals surface area contributed by atoms with Gasteiger partial charge in [-0.3, -0.25) is 4.79 Å². The summed E-state index contributed by atoms with van der Waals surface area (Å²) in [6.07, 6.45) is 4.18. The van der Waals surface area contributed by atoms with Crippen molar-refractivity contribution in [3.63, 3.8) is 0 Å². The number of carbonyl (C=O) groups is 1. The van der Waals surface area contributed by atoms with Gasteiger partial charge in [0.2, 0.25) is 15.9 Å². The van der Waals surface area contributed by atoms with Crippen LogP contribution in [0.15, 0.2) is 46.5 Å². The number of sulfonamides is 1. The fraction of sp³-hybridized carbons (Fsp3) is 0.400.